The number of halogens is 1. The number of nitrogens with one attached hydrogen (secondary N) is 2. The van der Waals surface area contributed by atoms with Crippen molar-refractivity contribution < 1.29 is 38.1 Å². The highest BCUT2D eigenvalue weighted by atomic mass is 35.5. The molecule has 4 heterocycles. The summed E-state index contributed by atoms with van der Waals surface area (Å²) in [6, 6.07) is 18.8. The number of hydrogen-bond acceptors (Lipinski definition) is 11. The molecular formula is C54H72ClN3O9Si. The maximum absolute atomic E-state index is 14.1. The van der Waals surface area contributed by atoms with Crippen LogP contribution in [0.2, 0.25) is 23.2 Å². The van der Waals surface area contributed by atoms with Crippen molar-refractivity contribution in [3.05, 3.63) is 98.3 Å². The van der Waals surface area contributed by atoms with Gasteiger partial charge in [0.1, 0.15) is 29.5 Å². The molecule has 4 aromatic rings. The van der Waals surface area contributed by atoms with Crippen molar-refractivity contribution in [1.29, 1.82) is 0 Å². The molecule has 368 valence electrons. The lowest BCUT2D eigenvalue weighted by Crippen LogP contribution is -2.53. The number of fused-ring (bicyclic) bond motifs is 4. The second kappa shape index (κ2) is 21.3. The quantitative estimate of drug-likeness (QED) is 0.0686. The van der Waals surface area contributed by atoms with Crippen LogP contribution in [0.1, 0.15) is 120 Å². The highest BCUT2D eigenvalue weighted by Gasteiger charge is 2.46. The minimum atomic E-state index is -2.28. The van der Waals surface area contributed by atoms with Gasteiger partial charge in [-0.25, -0.2) is 4.79 Å². The highest BCUT2D eigenvalue weighted by molar-refractivity contribution is 6.74. The Kier molecular flexibility index (Phi) is 15.7. The molecule has 0 amide bonds. The number of carbonyl (C=O) groups excluding carboxylic acids is 2. The van der Waals surface area contributed by atoms with Gasteiger partial charge in [-0.3, -0.25) is 14.5 Å². The number of aromatic nitrogens is 1. The van der Waals surface area contributed by atoms with E-state index in [1.165, 1.54) is 11.6 Å². The summed E-state index contributed by atoms with van der Waals surface area (Å²) in [7, 11) is -0.706. The largest absolute Gasteiger partial charge is 0.506 e. The average molecular weight is 971 g/mol. The molecule has 2 saturated carbocycles. The summed E-state index contributed by atoms with van der Waals surface area (Å²) >= 11 is 6.76. The van der Waals surface area contributed by atoms with Gasteiger partial charge in [-0.05, 0) is 136 Å². The Balaban J connectivity index is 0.830. The summed E-state index contributed by atoms with van der Waals surface area (Å²) in [6.07, 6.45) is 11.0. The van der Waals surface area contributed by atoms with Crippen LogP contribution in [0, 0.1) is 11.8 Å². The molecule has 2 aliphatic carbocycles. The lowest BCUT2D eigenvalue weighted by molar-refractivity contribution is -0.167. The molecule has 2 bridgehead atoms. The fourth-order valence-corrected chi connectivity index (χ4v) is 12.4. The van der Waals surface area contributed by atoms with E-state index in [-0.39, 0.29) is 41.1 Å². The van der Waals surface area contributed by atoms with Crippen LogP contribution >= 0.6 is 11.6 Å². The molecule has 5 fully saturated rings. The van der Waals surface area contributed by atoms with Gasteiger partial charge in [0, 0.05) is 42.7 Å². The van der Waals surface area contributed by atoms with E-state index in [1.807, 2.05) is 6.07 Å². The summed E-state index contributed by atoms with van der Waals surface area (Å²) in [4.78, 5) is 44.6. The van der Waals surface area contributed by atoms with Crippen LogP contribution in [0.5, 0.6) is 17.2 Å². The molecule has 3 aromatic carbocycles. The van der Waals surface area contributed by atoms with Crippen LogP contribution in [-0.2, 0) is 41.9 Å². The van der Waals surface area contributed by atoms with Crippen molar-refractivity contribution in [3.8, 4) is 17.2 Å². The Morgan fingerprint density at radius 2 is 1.69 bits per heavy atom. The second-order valence-electron chi connectivity index (χ2n) is 21.4. The van der Waals surface area contributed by atoms with Crippen molar-refractivity contribution >= 4 is 42.8 Å². The van der Waals surface area contributed by atoms with Gasteiger partial charge in [-0.15, -0.1) is 0 Å². The lowest BCUT2D eigenvalue weighted by atomic mass is 9.68. The van der Waals surface area contributed by atoms with E-state index in [0.29, 0.717) is 52.3 Å². The fraction of sp³-hybridized carbons (Fsp3) is 0.574. The number of esters is 2. The second-order valence-corrected chi connectivity index (χ2v) is 26.6. The molecule has 1 unspecified atom stereocenters. The van der Waals surface area contributed by atoms with Crippen LogP contribution in [0.15, 0.2) is 65.5 Å². The molecule has 3 saturated heterocycles. The molecule has 5 aliphatic rings. The van der Waals surface area contributed by atoms with Gasteiger partial charge in [0.15, 0.2) is 14.9 Å². The molecule has 9 rings (SSSR count). The maximum atomic E-state index is 14.1. The van der Waals surface area contributed by atoms with E-state index in [2.05, 4.69) is 73.3 Å². The summed E-state index contributed by atoms with van der Waals surface area (Å²) in [5.41, 5.74) is 3.52. The van der Waals surface area contributed by atoms with E-state index < -0.39 is 25.8 Å². The first kappa shape index (κ1) is 50.0. The van der Waals surface area contributed by atoms with Gasteiger partial charge < -0.3 is 38.8 Å². The number of aromatic hydroxyl groups is 1. The van der Waals surface area contributed by atoms with Crippen molar-refractivity contribution in [2.75, 3.05) is 39.9 Å². The van der Waals surface area contributed by atoms with Crippen molar-refractivity contribution in [2.24, 2.45) is 11.8 Å². The zero-order chi connectivity index (χ0) is 48.2. The van der Waals surface area contributed by atoms with Crippen LogP contribution in [-0.4, -0.2) is 87.4 Å². The SMILES string of the molecule is COc1cc(OCC(=O)O[C@H]2CC[C@H](Cc3cccc(C4(C(=O)O[C@H]5CN6CCC5CC6)CCCCC4)c3)CC2)c(Cl)cc1CNCC(O[Si](C)(C)C(C)(C)C)c1ccc(O)c2[nH]c(=O)ccc12. The summed E-state index contributed by atoms with van der Waals surface area (Å²) in [5.74, 6) is 1.36. The van der Waals surface area contributed by atoms with Crippen LogP contribution in [0.25, 0.3) is 10.9 Å². The number of benzene rings is 3. The minimum absolute atomic E-state index is 0.00412. The number of H-pyrrole nitrogens is 1. The van der Waals surface area contributed by atoms with Gasteiger partial charge in [0.2, 0.25) is 5.56 Å². The number of carbonyl (C=O) groups is 2. The van der Waals surface area contributed by atoms with Gasteiger partial charge in [-0.1, -0.05) is 82.0 Å². The number of methoxy groups -OCH3 is 1. The van der Waals surface area contributed by atoms with Gasteiger partial charge in [-0.2, -0.15) is 0 Å². The fourth-order valence-electron chi connectivity index (χ4n) is 10.8. The molecule has 1 aromatic heterocycles. The number of ether oxygens (including phenoxy) is 4. The molecule has 14 heteroatoms. The zero-order valence-electron chi connectivity index (χ0n) is 40.9. The molecule has 0 spiro atoms. The third-order valence-corrected chi connectivity index (χ3v) is 20.7. The Labute approximate surface area is 407 Å². The van der Waals surface area contributed by atoms with Crippen molar-refractivity contribution in [3.63, 3.8) is 0 Å². The van der Waals surface area contributed by atoms with Gasteiger partial charge >= 0.3 is 11.9 Å². The molecule has 2 atom stereocenters. The van der Waals surface area contributed by atoms with E-state index in [1.54, 1.807) is 31.4 Å². The Hall–Kier alpha value is -4.40. The Bertz CT molecular complexity index is 2470. The first-order valence-corrected chi connectivity index (χ1v) is 28.3. The number of piperidine rings is 3. The molecular weight excluding hydrogens is 898 g/mol. The molecule has 3 aliphatic heterocycles. The normalized spacial score (nSPS) is 23.2. The number of pyridine rings is 1. The number of phenolic OH excluding ortho intramolecular Hbond substituents is 1. The van der Waals surface area contributed by atoms with Crippen molar-refractivity contribution in [1.82, 2.24) is 15.2 Å². The predicted octanol–water partition coefficient (Wildman–Crippen LogP) is 10.3. The van der Waals surface area contributed by atoms with Crippen LogP contribution < -0.4 is 20.3 Å². The van der Waals surface area contributed by atoms with Gasteiger partial charge in [0.25, 0.3) is 0 Å². The van der Waals surface area contributed by atoms with E-state index >= 15 is 0 Å². The van der Waals surface area contributed by atoms with Crippen molar-refractivity contribution in [2.45, 2.75) is 146 Å². The number of rotatable bonds is 17. The number of nitrogens with zero attached hydrogens (tertiary/aromatic N) is 1. The summed E-state index contributed by atoms with van der Waals surface area (Å²) in [5, 5.41) is 15.1. The third kappa shape index (κ3) is 11.4. The Morgan fingerprint density at radius 1 is 0.941 bits per heavy atom. The van der Waals surface area contributed by atoms with Crippen LogP contribution in [0.4, 0.5) is 0 Å². The lowest BCUT2D eigenvalue weighted by Gasteiger charge is -2.45. The minimum Gasteiger partial charge on any atom is -0.506 e. The summed E-state index contributed by atoms with van der Waals surface area (Å²) < 4.78 is 31.0. The van der Waals surface area contributed by atoms with E-state index in [9.17, 15) is 19.5 Å². The predicted molar refractivity (Wildman–Crippen MR) is 268 cm³/mol. The highest BCUT2D eigenvalue weighted by Crippen LogP contribution is 2.44. The zero-order valence-corrected chi connectivity index (χ0v) is 42.7. The van der Waals surface area contributed by atoms with E-state index in [0.717, 1.165) is 113 Å². The molecule has 12 nitrogen and oxygen atoms in total. The number of hydrogen-bond donors (Lipinski definition) is 3. The number of aromatic amines is 1. The topological polar surface area (TPSA) is 149 Å². The molecule has 3 N–H and O–H groups in total. The monoisotopic (exact) mass is 969 g/mol. The first-order chi connectivity index (χ1) is 32.5. The average Bonchev–Trinajstić information content (AvgIpc) is 3.32. The van der Waals surface area contributed by atoms with E-state index in [4.69, 9.17) is 35.0 Å². The standard InChI is InChI=1S/C54H72ClN3O9Si/c1-53(2,3)68(5,6)67-47(41-17-19-44(59)51-42(41)18-20-49(60)57-51)32-56-31-38-29-43(55)46(30-45(38)63-4)64-34-50(61)65-40-15-13-35(14-16-40)27-36-11-10-12-39(28-36)54(23-8-7-9-24-54)52(62)66-48-33-58-25-21-37(48)22-26-58/h10-12,17-20,28-30,35,37,40,47-48,56,59H,7-9,13-16,21-27,31-34H2,1-6H3,(H,57,60)/t35-,40-,47?,48-/m0/s1. The third-order valence-electron chi connectivity index (χ3n) is 15.9. The van der Waals surface area contributed by atoms with Gasteiger partial charge in [0.05, 0.1) is 29.2 Å². The summed E-state index contributed by atoms with van der Waals surface area (Å²) in [6.45, 7) is 14.6. The maximum Gasteiger partial charge on any atom is 0.344 e. The Morgan fingerprint density at radius 3 is 2.38 bits per heavy atom. The van der Waals surface area contributed by atoms with Crippen LogP contribution in [0.3, 0.4) is 0 Å². The smallest absolute Gasteiger partial charge is 0.344 e. The molecule has 0 radical (unpaired) electrons. The first-order valence-electron chi connectivity index (χ1n) is 25.0. The molecule has 68 heavy (non-hydrogen) atoms. The number of phenols is 1.